The molecule has 2 rings (SSSR count). The van der Waals surface area contributed by atoms with E-state index in [-0.39, 0.29) is 28.6 Å². The highest BCUT2D eigenvalue weighted by molar-refractivity contribution is 7.85. The molecule has 1 aromatic rings. The normalized spacial score (nSPS) is 17.9. The van der Waals surface area contributed by atoms with Crippen LogP contribution in [-0.4, -0.2) is 33.0 Å². The second-order valence-corrected chi connectivity index (χ2v) is 6.55. The molecule has 1 atom stereocenters. The Morgan fingerprint density at radius 2 is 1.90 bits per heavy atom. The van der Waals surface area contributed by atoms with E-state index in [1.807, 2.05) is 0 Å². The lowest BCUT2D eigenvalue weighted by Crippen LogP contribution is -2.37. The quantitative estimate of drug-likeness (QED) is 0.810. The minimum atomic E-state index is -1.66. The van der Waals surface area contributed by atoms with Crippen molar-refractivity contribution in [3.63, 3.8) is 0 Å². The van der Waals surface area contributed by atoms with Gasteiger partial charge in [-0.3, -0.25) is 9.00 Å². The number of amides is 1. The molecule has 21 heavy (non-hydrogen) atoms. The highest BCUT2D eigenvalue weighted by Gasteiger charge is 2.19. The van der Waals surface area contributed by atoms with Crippen LogP contribution in [0.3, 0.4) is 0 Å². The van der Waals surface area contributed by atoms with Crippen LogP contribution in [-0.2, 0) is 15.6 Å². The number of carboxylic acid groups (broad SMARTS) is 1. The van der Waals surface area contributed by atoms with Gasteiger partial charge in [0.25, 0.3) is 0 Å². The summed E-state index contributed by atoms with van der Waals surface area (Å²) >= 11 is 0. The molecule has 2 N–H and O–H groups in total. The van der Waals surface area contributed by atoms with Crippen molar-refractivity contribution in [2.75, 3.05) is 5.75 Å². The molecule has 1 saturated carbocycles. The molecule has 1 aromatic heterocycles. The fourth-order valence-corrected chi connectivity index (χ4v) is 3.31. The van der Waals surface area contributed by atoms with Crippen molar-refractivity contribution in [3.05, 3.63) is 17.9 Å². The molecule has 6 nitrogen and oxygen atoms in total. The van der Waals surface area contributed by atoms with E-state index in [1.165, 1.54) is 25.0 Å². The largest absolute Gasteiger partial charge is 0.475 e. The Labute approximate surface area is 125 Å². The first-order valence-corrected chi connectivity index (χ1v) is 8.39. The maximum Gasteiger partial charge on any atom is 0.371 e. The molecule has 0 saturated heterocycles. The molecule has 0 spiro atoms. The molecule has 1 unspecified atom stereocenters. The summed E-state index contributed by atoms with van der Waals surface area (Å²) in [5.41, 5.74) is 0. The second kappa shape index (κ2) is 7.40. The molecule has 116 valence electrons. The number of rotatable bonds is 5. The van der Waals surface area contributed by atoms with Gasteiger partial charge in [-0.25, -0.2) is 4.79 Å². The summed E-state index contributed by atoms with van der Waals surface area (Å²) in [5, 5.41) is 11.6. The lowest BCUT2D eigenvalue weighted by Gasteiger charge is -2.15. The third kappa shape index (κ3) is 4.70. The van der Waals surface area contributed by atoms with Crippen molar-refractivity contribution in [1.29, 1.82) is 0 Å². The maximum absolute atomic E-state index is 12.0. The van der Waals surface area contributed by atoms with Crippen molar-refractivity contribution in [2.45, 2.75) is 49.7 Å². The van der Waals surface area contributed by atoms with Gasteiger partial charge in [0.1, 0.15) is 5.75 Å². The summed E-state index contributed by atoms with van der Waals surface area (Å²) in [6.07, 6.45) is 6.53. The van der Waals surface area contributed by atoms with Crippen LogP contribution >= 0.6 is 0 Å². The van der Waals surface area contributed by atoms with Gasteiger partial charge in [0.2, 0.25) is 11.7 Å². The molecule has 0 aliphatic heterocycles. The summed E-state index contributed by atoms with van der Waals surface area (Å²) in [6.45, 7) is 0. The molecule has 0 radical (unpaired) electrons. The first-order valence-electron chi connectivity index (χ1n) is 7.07. The molecule has 0 aromatic carbocycles. The molecule has 1 fully saturated rings. The van der Waals surface area contributed by atoms with E-state index >= 15 is 0 Å². The van der Waals surface area contributed by atoms with E-state index in [0.29, 0.717) is 0 Å². The van der Waals surface area contributed by atoms with Gasteiger partial charge < -0.3 is 14.8 Å². The summed E-state index contributed by atoms with van der Waals surface area (Å²) in [7, 11) is -1.66. The Morgan fingerprint density at radius 1 is 1.24 bits per heavy atom. The third-order valence-corrected chi connectivity index (χ3v) is 4.69. The lowest BCUT2D eigenvalue weighted by molar-refractivity contribution is -0.119. The number of furan rings is 1. The maximum atomic E-state index is 12.0. The van der Waals surface area contributed by atoms with Crippen LogP contribution in [0.4, 0.5) is 0 Å². The van der Waals surface area contributed by atoms with Gasteiger partial charge in [0, 0.05) is 6.04 Å². The van der Waals surface area contributed by atoms with Crippen molar-refractivity contribution in [3.8, 4) is 0 Å². The van der Waals surface area contributed by atoms with Crippen LogP contribution in [0.5, 0.6) is 0 Å². The first kappa shape index (κ1) is 15.8. The van der Waals surface area contributed by atoms with Crippen LogP contribution in [0.15, 0.2) is 21.6 Å². The van der Waals surface area contributed by atoms with E-state index in [4.69, 9.17) is 9.52 Å². The summed E-state index contributed by atoms with van der Waals surface area (Å²) in [4.78, 5) is 22.6. The molecule has 0 bridgehead atoms. The third-order valence-electron chi connectivity index (χ3n) is 3.50. The van der Waals surface area contributed by atoms with Crippen LogP contribution in [0, 0.1) is 0 Å². The number of carbonyl (C=O) groups excluding carboxylic acids is 1. The minimum Gasteiger partial charge on any atom is -0.475 e. The van der Waals surface area contributed by atoms with Crippen LogP contribution in [0.2, 0.25) is 0 Å². The lowest BCUT2D eigenvalue weighted by atomic mass is 10.1. The minimum absolute atomic E-state index is 0.0171. The highest BCUT2D eigenvalue weighted by atomic mass is 32.2. The first-order chi connectivity index (χ1) is 10.1. The van der Waals surface area contributed by atoms with Gasteiger partial charge in [-0.15, -0.1) is 0 Å². The molecular weight excluding hydrogens is 294 g/mol. The average Bonchev–Trinajstić information content (AvgIpc) is 2.80. The van der Waals surface area contributed by atoms with Gasteiger partial charge in [-0.2, -0.15) is 0 Å². The number of hydrogen-bond donors (Lipinski definition) is 2. The number of carbonyl (C=O) groups is 2. The number of hydrogen-bond acceptors (Lipinski definition) is 4. The van der Waals surface area contributed by atoms with Gasteiger partial charge in [0.05, 0.1) is 10.8 Å². The summed E-state index contributed by atoms with van der Waals surface area (Å²) in [5.74, 6) is -1.99. The summed E-state index contributed by atoms with van der Waals surface area (Å²) in [6, 6.07) is 2.72. The molecule has 1 heterocycles. The predicted molar refractivity (Wildman–Crippen MR) is 76.6 cm³/mol. The Kier molecular flexibility index (Phi) is 5.55. The molecule has 1 amide bonds. The highest BCUT2D eigenvalue weighted by Crippen LogP contribution is 2.17. The van der Waals surface area contributed by atoms with Gasteiger partial charge in [-0.05, 0) is 25.0 Å². The van der Waals surface area contributed by atoms with Gasteiger partial charge in [-0.1, -0.05) is 25.7 Å². The molecule has 7 heteroatoms. The monoisotopic (exact) mass is 313 g/mol. The van der Waals surface area contributed by atoms with Crippen LogP contribution in [0.25, 0.3) is 0 Å². The smallest absolute Gasteiger partial charge is 0.371 e. The average molecular weight is 313 g/mol. The SMILES string of the molecule is O=C(CS(=O)c1ccc(C(=O)O)o1)NC1CCCCCC1. The van der Waals surface area contributed by atoms with Crippen LogP contribution in [0.1, 0.15) is 49.1 Å². The zero-order valence-corrected chi connectivity index (χ0v) is 12.5. The van der Waals surface area contributed by atoms with Crippen molar-refractivity contribution in [2.24, 2.45) is 0 Å². The Balaban J connectivity index is 1.86. The van der Waals surface area contributed by atoms with Crippen molar-refractivity contribution < 1.29 is 23.3 Å². The number of aromatic carboxylic acids is 1. The second-order valence-electron chi connectivity index (χ2n) is 5.17. The van der Waals surface area contributed by atoms with E-state index in [9.17, 15) is 13.8 Å². The fourth-order valence-electron chi connectivity index (χ4n) is 2.44. The van der Waals surface area contributed by atoms with Gasteiger partial charge >= 0.3 is 5.97 Å². The standard InChI is InChI=1S/C14H19NO5S/c16-12(15-10-5-3-1-2-4-6-10)9-21(19)13-8-7-11(20-13)14(17)18/h7-8,10H,1-6,9H2,(H,15,16)(H,17,18). The topological polar surface area (TPSA) is 96.6 Å². The molecule has 1 aliphatic rings. The van der Waals surface area contributed by atoms with Crippen LogP contribution < -0.4 is 5.32 Å². The Hall–Kier alpha value is -1.63. The Morgan fingerprint density at radius 3 is 2.48 bits per heavy atom. The Bertz CT molecular complexity index is 531. The van der Waals surface area contributed by atoms with Crippen molar-refractivity contribution in [1.82, 2.24) is 5.32 Å². The fraction of sp³-hybridized carbons (Fsp3) is 0.571. The zero-order chi connectivity index (χ0) is 15.2. The zero-order valence-electron chi connectivity index (χ0n) is 11.7. The van der Waals surface area contributed by atoms with E-state index in [0.717, 1.165) is 25.7 Å². The van der Waals surface area contributed by atoms with Gasteiger partial charge in [0.15, 0.2) is 5.09 Å². The molecule has 1 aliphatic carbocycles. The predicted octanol–water partition coefficient (Wildman–Crippen LogP) is 1.92. The number of carboxylic acids is 1. The number of nitrogens with one attached hydrogen (secondary N) is 1. The molecular formula is C14H19NO5S. The van der Waals surface area contributed by atoms with E-state index in [2.05, 4.69) is 5.32 Å². The van der Waals surface area contributed by atoms with E-state index in [1.54, 1.807) is 0 Å². The summed E-state index contributed by atoms with van der Waals surface area (Å²) < 4.78 is 16.9. The van der Waals surface area contributed by atoms with Crippen molar-refractivity contribution >= 4 is 22.7 Å². The van der Waals surface area contributed by atoms with E-state index < -0.39 is 16.8 Å².